The number of carboxylic acids is 1. The van der Waals surface area contributed by atoms with Crippen LogP contribution in [-0.2, 0) is 9.59 Å². The molecule has 7 nitrogen and oxygen atoms in total. The maximum atomic E-state index is 11.4. The molecule has 4 N–H and O–H groups in total. The molecule has 19 heavy (non-hydrogen) atoms. The third-order valence-electron chi connectivity index (χ3n) is 2.30. The predicted octanol–water partition coefficient (Wildman–Crippen LogP) is -0.277. The normalized spacial score (nSPS) is 13.4. The number of hydrogen-bond acceptors (Lipinski definition) is 5. The Morgan fingerprint density at radius 3 is 2.42 bits per heavy atom. The summed E-state index contributed by atoms with van der Waals surface area (Å²) in [6.45, 7) is 0.344. The van der Waals surface area contributed by atoms with Gasteiger partial charge in [-0.25, -0.2) is 4.79 Å². The van der Waals surface area contributed by atoms with E-state index in [4.69, 9.17) is 14.9 Å². The van der Waals surface area contributed by atoms with Crippen molar-refractivity contribution >= 4 is 11.9 Å². The van der Waals surface area contributed by atoms with Gasteiger partial charge < -0.3 is 25.4 Å². The first kappa shape index (κ1) is 14.8. The second kappa shape index (κ2) is 6.05. The number of carbonyl (C=O) groups is 2. The Bertz CT molecular complexity index is 454. The largest absolute Gasteiger partial charge is 0.508 e. The van der Waals surface area contributed by atoms with E-state index in [1.54, 1.807) is 0 Å². The van der Waals surface area contributed by atoms with Gasteiger partial charge in [-0.2, -0.15) is 0 Å². The summed E-state index contributed by atoms with van der Waals surface area (Å²) in [5, 5.41) is 29.3. The minimum atomic E-state index is -2.02. The molecule has 0 saturated heterocycles. The smallest absolute Gasteiger partial charge is 0.337 e. The van der Waals surface area contributed by atoms with Crippen molar-refractivity contribution in [2.24, 2.45) is 0 Å². The molecule has 1 aromatic carbocycles. The molecule has 0 heterocycles. The summed E-state index contributed by atoms with van der Waals surface area (Å²) >= 11 is 0. The van der Waals surface area contributed by atoms with Gasteiger partial charge in [-0.3, -0.25) is 4.79 Å². The Labute approximate surface area is 109 Å². The number of aliphatic carboxylic acids is 1. The highest BCUT2D eigenvalue weighted by Crippen LogP contribution is 2.15. The van der Waals surface area contributed by atoms with Gasteiger partial charge in [0.05, 0.1) is 6.54 Å². The van der Waals surface area contributed by atoms with E-state index < -0.39 is 24.0 Å². The number of benzene rings is 1. The molecule has 0 bridgehead atoms. The fourth-order valence-corrected chi connectivity index (χ4v) is 1.09. The summed E-state index contributed by atoms with van der Waals surface area (Å²) < 4.78 is 5.10. The van der Waals surface area contributed by atoms with Crippen LogP contribution in [0.3, 0.4) is 0 Å². The molecule has 1 rings (SSSR count). The lowest BCUT2D eigenvalue weighted by Crippen LogP contribution is -2.47. The van der Waals surface area contributed by atoms with Crippen LogP contribution in [0, 0.1) is 0 Å². The topological polar surface area (TPSA) is 116 Å². The average molecular weight is 269 g/mol. The van der Waals surface area contributed by atoms with Crippen LogP contribution in [-0.4, -0.2) is 45.9 Å². The summed E-state index contributed by atoms with van der Waals surface area (Å²) in [5.41, 5.74) is -2.02. The fraction of sp³-hybridized carbons (Fsp3) is 0.333. The van der Waals surface area contributed by atoms with E-state index in [0.717, 1.165) is 6.92 Å². The maximum absolute atomic E-state index is 11.4. The lowest BCUT2D eigenvalue weighted by molar-refractivity contribution is -0.156. The molecule has 0 saturated carbocycles. The number of nitrogens with one attached hydrogen (secondary N) is 1. The van der Waals surface area contributed by atoms with Crippen molar-refractivity contribution < 1.29 is 29.6 Å². The Balaban J connectivity index is 2.36. The van der Waals surface area contributed by atoms with Gasteiger partial charge in [-0.05, 0) is 31.2 Å². The van der Waals surface area contributed by atoms with Crippen LogP contribution in [0.4, 0.5) is 0 Å². The number of carbonyl (C=O) groups excluding carboxylic acids is 1. The molecule has 1 amide bonds. The van der Waals surface area contributed by atoms with E-state index in [1.807, 2.05) is 0 Å². The van der Waals surface area contributed by atoms with E-state index in [9.17, 15) is 14.7 Å². The van der Waals surface area contributed by atoms with E-state index in [2.05, 4.69) is 5.32 Å². The minimum absolute atomic E-state index is 0.0781. The van der Waals surface area contributed by atoms with E-state index in [0.29, 0.717) is 5.75 Å². The summed E-state index contributed by atoms with van der Waals surface area (Å²) in [4.78, 5) is 22.0. The highest BCUT2D eigenvalue weighted by Gasteiger charge is 2.30. The fourth-order valence-electron chi connectivity index (χ4n) is 1.09. The molecule has 0 aromatic heterocycles. The second-order valence-corrected chi connectivity index (χ2v) is 4.14. The summed E-state index contributed by atoms with van der Waals surface area (Å²) in [7, 11) is 0. The monoisotopic (exact) mass is 269 g/mol. The molecule has 104 valence electrons. The highest BCUT2D eigenvalue weighted by atomic mass is 16.5. The quantitative estimate of drug-likeness (QED) is 0.564. The third-order valence-corrected chi connectivity index (χ3v) is 2.30. The number of ether oxygens (including phenoxy) is 1. The Morgan fingerprint density at radius 2 is 1.89 bits per heavy atom. The highest BCUT2D eigenvalue weighted by molar-refractivity contribution is 5.80. The van der Waals surface area contributed by atoms with E-state index in [1.165, 1.54) is 24.3 Å². The van der Waals surface area contributed by atoms with Gasteiger partial charge in [-0.15, -0.1) is 0 Å². The van der Waals surface area contributed by atoms with Crippen molar-refractivity contribution in [1.82, 2.24) is 5.32 Å². The zero-order valence-corrected chi connectivity index (χ0v) is 10.3. The maximum Gasteiger partial charge on any atom is 0.337 e. The number of phenolic OH excluding ortho intramolecular Hbond substituents is 1. The van der Waals surface area contributed by atoms with Crippen molar-refractivity contribution in [3.63, 3.8) is 0 Å². The molecule has 1 unspecified atom stereocenters. The second-order valence-electron chi connectivity index (χ2n) is 4.14. The van der Waals surface area contributed by atoms with Crippen LogP contribution in [0.15, 0.2) is 24.3 Å². The summed E-state index contributed by atoms with van der Waals surface area (Å²) in [6.07, 6.45) is 0. The van der Waals surface area contributed by atoms with Gasteiger partial charge in [0.25, 0.3) is 5.91 Å². The first-order chi connectivity index (χ1) is 8.81. The molecule has 7 heteroatoms. The third kappa shape index (κ3) is 4.84. The first-order valence-corrected chi connectivity index (χ1v) is 5.45. The molecule has 0 spiro atoms. The summed E-state index contributed by atoms with van der Waals surface area (Å²) in [6, 6.07) is 5.77. The van der Waals surface area contributed by atoms with Crippen LogP contribution in [0.2, 0.25) is 0 Å². The Kier molecular flexibility index (Phi) is 4.71. The molecule has 0 radical (unpaired) electrons. The predicted molar refractivity (Wildman–Crippen MR) is 64.9 cm³/mol. The van der Waals surface area contributed by atoms with Crippen LogP contribution >= 0.6 is 0 Å². The van der Waals surface area contributed by atoms with Gasteiger partial charge in [0.15, 0.2) is 12.2 Å². The molecule has 0 aliphatic carbocycles. The first-order valence-electron chi connectivity index (χ1n) is 5.45. The molecular weight excluding hydrogens is 254 g/mol. The van der Waals surface area contributed by atoms with Crippen LogP contribution in [0.1, 0.15) is 6.92 Å². The number of hydrogen-bond donors (Lipinski definition) is 4. The van der Waals surface area contributed by atoms with Gasteiger partial charge >= 0.3 is 5.97 Å². The zero-order chi connectivity index (χ0) is 14.5. The number of phenols is 1. The standard InChI is InChI=1S/C12H15NO6/c1-12(18,11(16)17)7-13-10(15)6-19-9-4-2-8(14)3-5-9/h2-5,14,18H,6-7H2,1H3,(H,13,15)(H,16,17). The lowest BCUT2D eigenvalue weighted by atomic mass is 10.1. The van der Waals surface area contributed by atoms with E-state index >= 15 is 0 Å². The van der Waals surface area contributed by atoms with Crippen molar-refractivity contribution in [1.29, 1.82) is 0 Å². The molecule has 0 aliphatic rings. The van der Waals surface area contributed by atoms with Crippen LogP contribution < -0.4 is 10.1 Å². The average Bonchev–Trinajstić information content (AvgIpc) is 2.35. The van der Waals surface area contributed by atoms with E-state index in [-0.39, 0.29) is 12.4 Å². The number of amides is 1. The Hall–Kier alpha value is -2.28. The molecule has 0 fully saturated rings. The number of aromatic hydroxyl groups is 1. The SMILES string of the molecule is CC(O)(CNC(=O)COc1ccc(O)cc1)C(=O)O. The van der Waals surface area contributed by atoms with Crippen molar-refractivity contribution in [3.05, 3.63) is 24.3 Å². The molecular formula is C12H15NO6. The molecule has 1 aromatic rings. The molecule has 1 atom stereocenters. The van der Waals surface area contributed by atoms with Crippen LogP contribution in [0.5, 0.6) is 11.5 Å². The Morgan fingerprint density at radius 1 is 1.32 bits per heavy atom. The number of carboxylic acid groups (broad SMARTS) is 1. The lowest BCUT2D eigenvalue weighted by Gasteiger charge is -2.18. The zero-order valence-electron chi connectivity index (χ0n) is 10.3. The summed E-state index contributed by atoms with van der Waals surface area (Å²) in [5.74, 6) is -1.52. The molecule has 0 aliphatic heterocycles. The van der Waals surface area contributed by atoms with Crippen molar-refractivity contribution in [2.75, 3.05) is 13.2 Å². The number of rotatable bonds is 6. The van der Waals surface area contributed by atoms with Gasteiger partial charge in [0.2, 0.25) is 0 Å². The van der Waals surface area contributed by atoms with Crippen LogP contribution in [0.25, 0.3) is 0 Å². The number of aliphatic hydroxyl groups is 1. The van der Waals surface area contributed by atoms with Crippen molar-refractivity contribution in [2.45, 2.75) is 12.5 Å². The van der Waals surface area contributed by atoms with Gasteiger partial charge in [0.1, 0.15) is 11.5 Å². The van der Waals surface area contributed by atoms with Gasteiger partial charge in [0, 0.05) is 0 Å². The minimum Gasteiger partial charge on any atom is -0.508 e. The van der Waals surface area contributed by atoms with Gasteiger partial charge in [-0.1, -0.05) is 0 Å². The van der Waals surface area contributed by atoms with Crippen molar-refractivity contribution in [3.8, 4) is 11.5 Å².